The second kappa shape index (κ2) is 7.14. The van der Waals surface area contributed by atoms with Gasteiger partial charge in [0.05, 0.1) is 31.1 Å². The van der Waals surface area contributed by atoms with Gasteiger partial charge in [-0.3, -0.25) is 4.68 Å². The first-order valence-corrected chi connectivity index (χ1v) is 10.1. The Balaban J connectivity index is 1.95. The van der Waals surface area contributed by atoms with Gasteiger partial charge in [0.25, 0.3) is 0 Å². The summed E-state index contributed by atoms with van der Waals surface area (Å²) in [6, 6.07) is 4.41. The molecule has 0 saturated carbocycles. The number of aromatic nitrogens is 2. The lowest BCUT2D eigenvalue weighted by Gasteiger charge is -2.26. The summed E-state index contributed by atoms with van der Waals surface area (Å²) < 4.78 is 48.1. The fourth-order valence-electron chi connectivity index (χ4n) is 2.94. The zero-order valence-corrected chi connectivity index (χ0v) is 16.4. The van der Waals surface area contributed by atoms with Gasteiger partial charge in [-0.25, -0.2) is 12.8 Å². The van der Waals surface area contributed by atoms with E-state index in [0.717, 1.165) is 5.56 Å². The lowest BCUT2D eigenvalue weighted by molar-refractivity contribution is 0.0730. The maximum atomic E-state index is 13.2. The number of morpholine rings is 1. The molecule has 0 aliphatic carbocycles. The van der Waals surface area contributed by atoms with Crippen LogP contribution in [0.1, 0.15) is 17.0 Å². The molecule has 0 bridgehead atoms. The lowest BCUT2D eigenvalue weighted by Crippen LogP contribution is -2.41. The summed E-state index contributed by atoms with van der Waals surface area (Å²) in [5, 5.41) is 4.40. The van der Waals surface area contributed by atoms with Crippen LogP contribution in [-0.4, -0.2) is 48.8 Å². The van der Waals surface area contributed by atoms with Gasteiger partial charge in [0.15, 0.2) is 0 Å². The van der Waals surface area contributed by atoms with E-state index < -0.39 is 10.0 Å². The molecule has 1 aromatic carbocycles. The Kier molecular flexibility index (Phi) is 5.29. The van der Waals surface area contributed by atoms with E-state index in [1.54, 1.807) is 24.6 Å². The first-order chi connectivity index (χ1) is 11.8. The van der Waals surface area contributed by atoms with Crippen molar-refractivity contribution >= 4 is 26.0 Å². The van der Waals surface area contributed by atoms with Crippen LogP contribution in [0.4, 0.5) is 4.39 Å². The molecule has 3 rings (SSSR count). The monoisotopic (exact) mass is 431 g/mol. The molecule has 25 heavy (non-hydrogen) atoms. The Morgan fingerprint density at radius 1 is 1.28 bits per heavy atom. The second-order valence-electron chi connectivity index (χ2n) is 5.91. The number of ether oxygens (including phenoxy) is 1. The summed E-state index contributed by atoms with van der Waals surface area (Å²) in [6.07, 6.45) is 0. The van der Waals surface area contributed by atoms with Crippen molar-refractivity contribution in [3.8, 4) is 0 Å². The van der Waals surface area contributed by atoms with Crippen molar-refractivity contribution in [2.24, 2.45) is 0 Å². The van der Waals surface area contributed by atoms with Crippen molar-refractivity contribution in [2.45, 2.75) is 25.3 Å². The third-order valence-corrected chi connectivity index (χ3v) is 7.11. The van der Waals surface area contributed by atoms with Gasteiger partial charge < -0.3 is 4.74 Å². The molecule has 0 N–H and O–H groups in total. The molecule has 2 heterocycles. The van der Waals surface area contributed by atoms with Crippen molar-refractivity contribution in [3.63, 3.8) is 0 Å². The highest BCUT2D eigenvalue weighted by Gasteiger charge is 2.32. The first kappa shape index (κ1) is 18.5. The molecule has 1 aromatic heterocycles. The number of halogens is 2. The minimum atomic E-state index is -3.61. The predicted molar refractivity (Wildman–Crippen MR) is 94.5 cm³/mol. The Hall–Kier alpha value is -1.29. The molecule has 9 heteroatoms. The fraction of sp³-hybridized carbons (Fsp3) is 0.438. The Bertz CT molecular complexity index is 892. The van der Waals surface area contributed by atoms with Gasteiger partial charge in [-0.05, 0) is 31.5 Å². The van der Waals surface area contributed by atoms with E-state index in [1.807, 2.05) is 0 Å². The van der Waals surface area contributed by atoms with E-state index in [2.05, 4.69) is 21.0 Å². The zero-order valence-electron chi connectivity index (χ0n) is 14.0. The highest BCUT2D eigenvalue weighted by molar-refractivity contribution is 9.10. The summed E-state index contributed by atoms with van der Waals surface area (Å²) in [6.45, 7) is 5.27. The summed E-state index contributed by atoms with van der Waals surface area (Å²) in [7, 11) is -3.61. The van der Waals surface area contributed by atoms with Crippen LogP contribution < -0.4 is 0 Å². The number of nitrogens with zero attached hydrogens (tertiary/aromatic N) is 3. The molecule has 1 fully saturated rings. The Morgan fingerprint density at radius 2 is 1.96 bits per heavy atom. The van der Waals surface area contributed by atoms with Crippen LogP contribution in [-0.2, 0) is 21.3 Å². The molecule has 0 radical (unpaired) electrons. The van der Waals surface area contributed by atoms with E-state index in [0.29, 0.717) is 48.7 Å². The predicted octanol–water partition coefficient (Wildman–Crippen LogP) is 2.47. The number of benzene rings is 1. The van der Waals surface area contributed by atoms with Crippen LogP contribution in [0.5, 0.6) is 0 Å². The summed E-state index contributed by atoms with van der Waals surface area (Å²) in [5.41, 5.74) is 1.85. The molecule has 2 aromatic rings. The van der Waals surface area contributed by atoms with Gasteiger partial charge in [-0.2, -0.15) is 9.40 Å². The van der Waals surface area contributed by atoms with E-state index in [4.69, 9.17) is 4.74 Å². The third kappa shape index (κ3) is 3.64. The molecule has 0 spiro atoms. The number of hydrogen-bond donors (Lipinski definition) is 0. The minimum Gasteiger partial charge on any atom is -0.379 e. The summed E-state index contributed by atoms with van der Waals surface area (Å²) in [4.78, 5) is 0.243. The van der Waals surface area contributed by atoms with Crippen molar-refractivity contribution in [1.82, 2.24) is 14.1 Å². The molecule has 0 unspecified atom stereocenters. The van der Waals surface area contributed by atoms with Gasteiger partial charge >= 0.3 is 0 Å². The molecule has 0 atom stereocenters. The minimum absolute atomic E-state index is 0.243. The molecule has 1 aliphatic heterocycles. The van der Waals surface area contributed by atoms with Crippen LogP contribution in [0.25, 0.3) is 0 Å². The molecule has 136 valence electrons. The van der Waals surface area contributed by atoms with E-state index in [1.165, 1.54) is 16.4 Å². The molecule has 1 saturated heterocycles. The zero-order chi connectivity index (χ0) is 18.2. The van der Waals surface area contributed by atoms with Gasteiger partial charge in [0, 0.05) is 17.6 Å². The van der Waals surface area contributed by atoms with Gasteiger partial charge in [-0.1, -0.05) is 22.0 Å². The quantitative estimate of drug-likeness (QED) is 0.745. The van der Waals surface area contributed by atoms with Crippen molar-refractivity contribution < 1.29 is 17.5 Å². The number of aryl methyl sites for hydroxylation is 1. The standard InChI is InChI=1S/C16H19BrFN3O3S/c1-11-16(25(22,23)20-5-7-24-8-6-20)12(2)21(19-11)10-13-3-4-14(18)9-15(13)17/h3-4,9H,5-8,10H2,1-2H3. The maximum absolute atomic E-state index is 13.2. The van der Waals surface area contributed by atoms with Crippen molar-refractivity contribution in [2.75, 3.05) is 26.3 Å². The lowest BCUT2D eigenvalue weighted by atomic mass is 10.2. The van der Waals surface area contributed by atoms with E-state index in [-0.39, 0.29) is 10.7 Å². The highest BCUT2D eigenvalue weighted by Crippen LogP contribution is 2.26. The van der Waals surface area contributed by atoms with Crippen LogP contribution in [0.15, 0.2) is 27.6 Å². The van der Waals surface area contributed by atoms with Crippen LogP contribution in [0, 0.1) is 19.7 Å². The Morgan fingerprint density at radius 3 is 2.60 bits per heavy atom. The molecule has 0 amide bonds. The largest absolute Gasteiger partial charge is 0.379 e. The van der Waals surface area contributed by atoms with Crippen LogP contribution in [0.3, 0.4) is 0 Å². The summed E-state index contributed by atoms with van der Waals surface area (Å²) in [5.74, 6) is -0.334. The molecule has 6 nitrogen and oxygen atoms in total. The van der Waals surface area contributed by atoms with Gasteiger partial charge in [0.1, 0.15) is 10.7 Å². The number of hydrogen-bond acceptors (Lipinski definition) is 4. The molecular weight excluding hydrogens is 413 g/mol. The normalized spacial score (nSPS) is 16.3. The Labute approximate surface area is 154 Å². The topological polar surface area (TPSA) is 64.4 Å². The van der Waals surface area contributed by atoms with Gasteiger partial charge in [-0.15, -0.1) is 0 Å². The number of rotatable bonds is 4. The average molecular weight is 432 g/mol. The maximum Gasteiger partial charge on any atom is 0.246 e. The van der Waals surface area contributed by atoms with Crippen molar-refractivity contribution in [3.05, 3.63) is 45.4 Å². The third-order valence-electron chi connectivity index (χ3n) is 4.22. The number of sulfonamides is 1. The second-order valence-corrected chi connectivity index (χ2v) is 8.64. The van der Waals surface area contributed by atoms with Crippen LogP contribution in [0.2, 0.25) is 0 Å². The summed E-state index contributed by atoms with van der Waals surface area (Å²) >= 11 is 3.34. The first-order valence-electron chi connectivity index (χ1n) is 7.86. The van der Waals surface area contributed by atoms with Crippen molar-refractivity contribution in [1.29, 1.82) is 0 Å². The van der Waals surface area contributed by atoms with E-state index in [9.17, 15) is 12.8 Å². The van der Waals surface area contributed by atoms with E-state index >= 15 is 0 Å². The average Bonchev–Trinajstić information content (AvgIpc) is 2.85. The fourth-order valence-corrected chi connectivity index (χ4v) is 5.19. The SMILES string of the molecule is Cc1nn(Cc2ccc(F)cc2Br)c(C)c1S(=O)(=O)N1CCOCC1. The molecule has 1 aliphatic rings. The van der Waals surface area contributed by atoms with Gasteiger partial charge in [0.2, 0.25) is 10.0 Å². The van der Waals surface area contributed by atoms with Crippen LogP contribution >= 0.6 is 15.9 Å². The molecular formula is C16H19BrFN3O3S. The highest BCUT2D eigenvalue weighted by atomic mass is 79.9. The smallest absolute Gasteiger partial charge is 0.246 e.